The average Bonchev–Trinajstić information content (AvgIpc) is 2.98. The van der Waals surface area contributed by atoms with Gasteiger partial charge in [0.1, 0.15) is 5.60 Å². The van der Waals surface area contributed by atoms with Crippen LogP contribution in [0, 0.1) is 0 Å². The predicted octanol–water partition coefficient (Wildman–Crippen LogP) is 3.91. The molecule has 0 radical (unpaired) electrons. The van der Waals surface area contributed by atoms with E-state index in [1.165, 1.54) is 0 Å². The van der Waals surface area contributed by atoms with Crippen molar-refractivity contribution in [3.63, 3.8) is 0 Å². The van der Waals surface area contributed by atoms with Gasteiger partial charge in [0.15, 0.2) is 0 Å². The van der Waals surface area contributed by atoms with Crippen molar-refractivity contribution in [2.75, 3.05) is 6.54 Å². The van der Waals surface area contributed by atoms with Crippen molar-refractivity contribution in [3.05, 3.63) is 30.0 Å². The lowest BCUT2D eigenvalue weighted by molar-refractivity contribution is 0.0437. The lowest BCUT2D eigenvalue weighted by Gasteiger charge is -2.35. The van der Waals surface area contributed by atoms with Gasteiger partial charge in [-0.2, -0.15) is 5.10 Å². The molecule has 0 aliphatic heterocycles. The molecule has 2 aromatic rings. The van der Waals surface area contributed by atoms with Gasteiger partial charge in [0.05, 0.1) is 22.8 Å². The number of carbonyl (C=O) groups is 2. The normalized spacial score (nSPS) is 17.0. The van der Waals surface area contributed by atoms with Crippen LogP contribution in [0.5, 0.6) is 0 Å². The summed E-state index contributed by atoms with van der Waals surface area (Å²) >= 11 is 0. The molecule has 0 atom stereocenters. The fourth-order valence-electron chi connectivity index (χ4n) is 3.77. The van der Waals surface area contributed by atoms with Crippen LogP contribution >= 0.6 is 0 Å². The summed E-state index contributed by atoms with van der Waals surface area (Å²) in [6.07, 6.45) is 7.21. The van der Waals surface area contributed by atoms with Gasteiger partial charge in [-0.15, -0.1) is 0 Å². The number of carbonyl (C=O) groups excluding carboxylic acids is 2. The van der Waals surface area contributed by atoms with Crippen LogP contribution in [-0.2, 0) is 4.74 Å². The van der Waals surface area contributed by atoms with E-state index in [2.05, 4.69) is 20.8 Å². The smallest absolute Gasteiger partial charge is 0.408 e. The lowest BCUT2D eigenvalue weighted by Crippen LogP contribution is -2.56. The maximum atomic E-state index is 12.8. The summed E-state index contributed by atoms with van der Waals surface area (Å²) in [5.74, 6) is -0.176. The third-order valence-corrected chi connectivity index (χ3v) is 5.14. The zero-order chi connectivity index (χ0) is 20.2. The Kier molecular flexibility index (Phi) is 5.91. The molecule has 152 valence electrons. The van der Waals surface area contributed by atoms with Gasteiger partial charge >= 0.3 is 6.09 Å². The first-order chi connectivity index (χ1) is 13.3. The molecule has 7 heteroatoms. The summed E-state index contributed by atoms with van der Waals surface area (Å²) in [5.41, 5.74) is 0.220. The Morgan fingerprint density at radius 3 is 2.57 bits per heavy atom. The number of nitrogens with one attached hydrogen (secondary N) is 3. The number of ether oxygens (including phenoxy) is 1. The number of hydrogen-bond donors (Lipinski definition) is 3. The van der Waals surface area contributed by atoms with Gasteiger partial charge < -0.3 is 15.4 Å². The summed E-state index contributed by atoms with van der Waals surface area (Å²) in [6, 6.07) is 5.52. The minimum atomic E-state index is -0.560. The summed E-state index contributed by atoms with van der Waals surface area (Å²) in [5, 5.41) is 13.9. The molecule has 1 aliphatic carbocycles. The molecule has 0 unspecified atom stereocenters. The van der Waals surface area contributed by atoms with Crippen LogP contribution in [0.3, 0.4) is 0 Å². The predicted molar refractivity (Wildman–Crippen MR) is 108 cm³/mol. The summed E-state index contributed by atoms with van der Waals surface area (Å²) < 4.78 is 5.47. The molecule has 1 aliphatic rings. The van der Waals surface area contributed by atoms with E-state index in [-0.39, 0.29) is 5.91 Å². The zero-order valence-electron chi connectivity index (χ0n) is 16.9. The highest BCUT2D eigenvalue weighted by Gasteiger charge is 2.34. The zero-order valence-corrected chi connectivity index (χ0v) is 16.9. The van der Waals surface area contributed by atoms with Crippen molar-refractivity contribution in [1.29, 1.82) is 0 Å². The Labute approximate surface area is 165 Å². The number of aromatic amines is 1. The summed E-state index contributed by atoms with van der Waals surface area (Å²) in [4.78, 5) is 25.3. The van der Waals surface area contributed by atoms with Crippen molar-refractivity contribution in [2.45, 2.75) is 70.4 Å². The first-order valence-electron chi connectivity index (χ1n) is 10.00. The van der Waals surface area contributed by atoms with E-state index in [9.17, 15) is 9.59 Å². The van der Waals surface area contributed by atoms with Crippen molar-refractivity contribution in [2.24, 2.45) is 0 Å². The molecule has 3 rings (SSSR count). The minimum Gasteiger partial charge on any atom is -0.444 e. The Morgan fingerprint density at radius 2 is 1.89 bits per heavy atom. The van der Waals surface area contributed by atoms with E-state index in [1.54, 1.807) is 12.3 Å². The number of hydrogen-bond acceptors (Lipinski definition) is 4. The number of nitrogens with zero attached hydrogens (tertiary/aromatic N) is 1. The van der Waals surface area contributed by atoms with Crippen LogP contribution in [0.25, 0.3) is 10.9 Å². The molecule has 2 amide bonds. The first-order valence-corrected chi connectivity index (χ1v) is 10.00. The topological polar surface area (TPSA) is 96.1 Å². The highest BCUT2D eigenvalue weighted by Crippen LogP contribution is 2.27. The molecule has 3 N–H and O–H groups in total. The van der Waals surface area contributed by atoms with Crippen LogP contribution in [0.4, 0.5) is 4.79 Å². The first kappa shape index (κ1) is 20.2. The minimum absolute atomic E-state index is 0.176. The molecule has 1 heterocycles. The Morgan fingerprint density at radius 1 is 1.18 bits per heavy atom. The molecule has 1 saturated carbocycles. The number of aromatic nitrogens is 2. The number of H-pyrrole nitrogens is 1. The maximum Gasteiger partial charge on any atom is 0.408 e. The second kappa shape index (κ2) is 8.20. The standard InChI is InChI=1S/C21H30N4O3/c1-20(2,3)28-19(27)24-21(11-6-4-5-7-12-21)14-22-18(26)16-10-8-9-15-13-23-25-17(15)16/h8-10,13H,4-7,11-12,14H2,1-3H3,(H,22,26)(H,23,25)(H,24,27). The van der Waals surface area contributed by atoms with Gasteiger partial charge in [-0.25, -0.2) is 4.79 Å². The molecule has 1 aromatic heterocycles. The van der Waals surface area contributed by atoms with Crippen molar-refractivity contribution < 1.29 is 14.3 Å². The molecule has 0 bridgehead atoms. The fourth-order valence-corrected chi connectivity index (χ4v) is 3.77. The van der Waals surface area contributed by atoms with Crippen LogP contribution in [0.1, 0.15) is 69.7 Å². The molecular weight excluding hydrogens is 356 g/mol. The monoisotopic (exact) mass is 386 g/mol. The van der Waals surface area contributed by atoms with Crippen molar-refractivity contribution >= 4 is 22.9 Å². The third kappa shape index (κ3) is 5.03. The Bertz CT molecular complexity index is 830. The fraction of sp³-hybridized carbons (Fsp3) is 0.571. The number of alkyl carbamates (subject to hydrolysis) is 1. The lowest BCUT2D eigenvalue weighted by atomic mass is 9.90. The van der Waals surface area contributed by atoms with E-state index < -0.39 is 17.2 Å². The SMILES string of the molecule is CC(C)(C)OC(=O)NC1(CNC(=O)c2cccc3cn[nH]c23)CCCCCC1. The number of amides is 2. The highest BCUT2D eigenvalue weighted by molar-refractivity contribution is 6.05. The summed E-state index contributed by atoms with van der Waals surface area (Å²) in [7, 11) is 0. The Hall–Kier alpha value is -2.57. The third-order valence-electron chi connectivity index (χ3n) is 5.14. The number of benzene rings is 1. The van der Waals surface area contributed by atoms with Crippen LogP contribution in [0.2, 0.25) is 0 Å². The molecule has 28 heavy (non-hydrogen) atoms. The highest BCUT2D eigenvalue weighted by atomic mass is 16.6. The van der Waals surface area contributed by atoms with E-state index in [0.717, 1.165) is 49.4 Å². The average molecular weight is 386 g/mol. The summed E-state index contributed by atoms with van der Waals surface area (Å²) in [6.45, 7) is 5.91. The van der Waals surface area contributed by atoms with E-state index in [4.69, 9.17) is 4.74 Å². The molecule has 1 fully saturated rings. The van der Waals surface area contributed by atoms with Crippen LogP contribution < -0.4 is 10.6 Å². The number of fused-ring (bicyclic) bond motifs is 1. The van der Waals surface area contributed by atoms with Gasteiger partial charge in [-0.05, 0) is 39.7 Å². The molecule has 0 spiro atoms. The quantitative estimate of drug-likeness (QED) is 0.694. The maximum absolute atomic E-state index is 12.8. The number of para-hydroxylation sites is 1. The van der Waals surface area contributed by atoms with Crippen molar-refractivity contribution in [3.8, 4) is 0 Å². The second-order valence-electron chi connectivity index (χ2n) is 8.64. The van der Waals surface area contributed by atoms with E-state index in [0.29, 0.717) is 12.1 Å². The van der Waals surface area contributed by atoms with E-state index in [1.807, 2.05) is 32.9 Å². The van der Waals surface area contributed by atoms with Crippen LogP contribution in [-0.4, -0.2) is 39.9 Å². The molecular formula is C21H30N4O3. The van der Waals surface area contributed by atoms with E-state index >= 15 is 0 Å². The van der Waals surface area contributed by atoms with Crippen LogP contribution in [0.15, 0.2) is 24.4 Å². The van der Waals surface area contributed by atoms with Crippen molar-refractivity contribution in [1.82, 2.24) is 20.8 Å². The van der Waals surface area contributed by atoms with Gasteiger partial charge in [0, 0.05) is 11.9 Å². The second-order valence-corrected chi connectivity index (χ2v) is 8.64. The molecule has 0 saturated heterocycles. The molecule has 7 nitrogen and oxygen atoms in total. The van der Waals surface area contributed by atoms with Gasteiger partial charge in [0.25, 0.3) is 5.91 Å². The van der Waals surface area contributed by atoms with Gasteiger partial charge in [0.2, 0.25) is 0 Å². The van der Waals surface area contributed by atoms with Gasteiger partial charge in [-0.3, -0.25) is 9.89 Å². The largest absolute Gasteiger partial charge is 0.444 e. The molecule has 1 aromatic carbocycles. The number of rotatable bonds is 4. The van der Waals surface area contributed by atoms with Gasteiger partial charge in [-0.1, -0.05) is 37.8 Å². The Balaban J connectivity index is 1.73.